The SMILES string of the molecule is CC[C@]1(C)NC(=O)N(NC(=O)Nc2ccc(Cl)cc2)C1=O. The van der Waals surface area contributed by atoms with Gasteiger partial charge < -0.3 is 10.6 Å². The number of carbonyl (C=O) groups is 3. The van der Waals surface area contributed by atoms with Crippen molar-refractivity contribution in [2.75, 3.05) is 5.32 Å². The van der Waals surface area contributed by atoms with Gasteiger partial charge in [0.15, 0.2) is 0 Å². The predicted octanol–water partition coefficient (Wildman–Crippen LogP) is 2.10. The van der Waals surface area contributed by atoms with E-state index in [9.17, 15) is 14.4 Å². The van der Waals surface area contributed by atoms with Crippen molar-refractivity contribution in [2.45, 2.75) is 25.8 Å². The summed E-state index contributed by atoms with van der Waals surface area (Å²) >= 11 is 5.74. The van der Waals surface area contributed by atoms with E-state index in [1.54, 1.807) is 38.1 Å². The van der Waals surface area contributed by atoms with Crippen molar-refractivity contribution in [1.29, 1.82) is 0 Å². The summed E-state index contributed by atoms with van der Waals surface area (Å²) in [6.45, 7) is 3.38. The third kappa shape index (κ3) is 3.08. The second-order valence-corrected chi connectivity index (χ2v) is 5.27. The van der Waals surface area contributed by atoms with Gasteiger partial charge in [0.05, 0.1) is 0 Å². The number of benzene rings is 1. The van der Waals surface area contributed by atoms with Gasteiger partial charge in [-0.25, -0.2) is 15.0 Å². The van der Waals surface area contributed by atoms with Crippen LogP contribution in [-0.4, -0.2) is 28.5 Å². The van der Waals surface area contributed by atoms with Crippen LogP contribution < -0.4 is 16.1 Å². The molecule has 0 saturated carbocycles. The zero-order valence-electron chi connectivity index (χ0n) is 11.6. The van der Waals surface area contributed by atoms with Crippen molar-refractivity contribution < 1.29 is 14.4 Å². The number of halogens is 1. The first-order chi connectivity index (χ1) is 9.85. The maximum atomic E-state index is 12.1. The summed E-state index contributed by atoms with van der Waals surface area (Å²) in [5.74, 6) is -0.499. The van der Waals surface area contributed by atoms with Crippen molar-refractivity contribution in [3.8, 4) is 0 Å². The van der Waals surface area contributed by atoms with Gasteiger partial charge in [-0.05, 0) is 37.6 Å². The quantitative estimate of drug-likeness (QED) is 0.747. The van der Waals surface area contributed by atoms with E-state index in [2.05, 4.69) is 16.1 Å². The molecule has 7 nitrogen and oxygen atoms in total. The van der Waals surface area contributed by atoms with Crippen LogP contribution >= 0.6 is 11.6 Å². The molecule has 1 atom stereocenters. The third-order valence-electron chi connectivity index (χ3n) is 3.28. The molecule has 1 aliphatic heterocycles. The van der Waals surface area contributed by atoms with Gasteiger partial charge >= 0.3 is 12.1 Å². The maximum absolute atomic E-state index is 12.1. The Morgan fingerprint density at radius 2 is 1.95 bits per heavy atom. The zero-order valence-corrected chi connectivity index (χ0v) is 12.3. The van der Waals surface area contributed by atoms with Gasteiger partial charge in [0, 0.05) is 10.7 Å². The first-order valence-corrected chi connectivity index (χ1v) is 6.73. The van der Waals surface area contributed by atoms with Crippen LogP contribution in [0.1, 0.15) is 20.3 Å². The van der Waals surface area contributed by atoms with Gasteiger partial charge in [0.25, 0.3) is 5.91 Å². The molecule has 3 N–H and O–H groups in total. The van der Waals surface area contributed by atoms with Crippen LogP contribution in [0.3, 0.4) is 0 Å². The third-order valence-corrected chi connectivity index (χ3v) is 3.54. The number of hydrazine groups is 1. The molecule has 2 rings (SSSR count). The topological polar surface area (TPSA) is 90.5 Å². The van der Waals surface area contributed by atoms with Gasteiger partial charge in [0.2, 0.25) is 0 Å². The molecule has 1 aromatic rings. The summed E-state index contributed by atoms with van der Waals surface area (Å²) in [5.41, 5.74) is 1.71. The summed E-state index contributed by atoms with van der Waals surface area (Å²) < 4.78 is 0. The summed E-state index contributed by atoms with van der Waals surface area (Å²) in [4.78, 5) is 35.6. The molecule has 1 aliphatic rings. The van der Waals surface area contributed by atoms with E-state index in [-0.39, 0.29) is 0 Å². The Bertz CT molecular complexity index is 590. The largest absolute Gasteiger partial charge is 0.344 e. The molecule has 5 amide bonds. The van der Waals surface area contributed by atoms with E-state index < -0.39 is 23.5 Å². The fourth-order valence-electron chi connectivity index (χ4n) is 1.82. The Hall–Kier alpha value is -2.28. The van der Waals surface area contributed by atoms with E-state index in [4.69, 9.17) is 11.6 Å². The molecule has 1 heterocycles. The molecule has 0 aromatic heterocycles. The Kier molecular flexibility index (Phi) is 4.04. The number of anilines is 1. The molecule has 1 aromatic carbocycles. The standard InChI is InChI=1S/C13H15ClN4O3/c1-3-13(2)10(19)18(12(21)16-13)17-11(20)15-9-6-4-8(14)5-7-9/h4-7H,3H2,1-2H3,(H,16,21)(H2,15,17,20)/t13-/m0/s1. The smallest absolute Gasteiger partial charge is 0.322 e. The molecule has 1 fully saturated rings. The van der Waals surface area contributed by atoms with Crippen molar-refractivity contribution in [1.82, 2.24) is 15.8 Å². The lowest BCUT2D eigenvalue weighted by Crippen LogP contribution is -2.49. The van der Waals surface area contributed by atoms with Gasteiger partial charge in [-0.2, -0.15) is 5.01 Å². The minimum atomic E-state index is -0.995. The number of rotatable bonds is 3. The maximum Gasteiger partial charge on any atom is 0.344 e. The minimum absolute atomic E-state index is 0.425. The van der Waals surface area contributed by atoms with Crippen LogP contribution in [0, 0.1) is 0 Å². The Morgan fingerprint density at radius 1 is 1.33 bits per heavy atom. The second-order valence-electron chi connectivity index (χ2n) is 4.83. The lowest BCUT2D eigenvalue weighted by atomic mass is 10.00. The van der Waals surface area contributed by atoms with Gasteiger partial charge in [0.1, 0.15) is 5.54 Å². The van der Waals surface area contributed by atoms with Crippen LogP contribution in [0.4, 0.5) is 15.3 Å². The summed E-state index contributed by atoms with van der Waals surface area (Å²) in [6.07, 6.45) is 0.425. The number of imide groups is 1. The number of hydrogen-bond acceptors (Lipinski definition) is 3. The Labute approximate surface area is 126 Å². The monoisotopic (exact) mass is 310 g/mol. The van der Waals surface area contributed by atoms with Crippen molar-refractivity contribution in [2.24, 2.45) is 0 Å². The lowest BCUT2D eigenvalue weighted by Gasteiger charge is -2.19. The normalized spacial score (nSPS) is 21.2. The summed E-state index contributed by atoms with van der Waals surface area (Å²) in [7, 11) is 0. The van der Waals surface area contributed by atoms with Crippen LogP contribution in [0.5, 0.6) is 0 Å². The highest BCUT2D eigenvalue weighted by molar-refractivity contribution is 6.30. The van der Waals surface area contributed by atoms with Crippen molar-refractivity contribution >= 4 is 35.3 Å². The highest BCUT2D eigenvalue weighted by atomic mass is 35.5. The number of amides is 5. The molecular weight excluding hydrogens is 296 g/mol. The van der Waals surface area contributed by atoms with Gasteiger partial charge in [-0.15, -0.1) is 0 Å². The number of carbonyl (C=O) groups excluding carboxylic acids is 3. The average molecular weight is 311 g/mol. The fraction of sp³-hybridized carbons (Fsp3) is 0.308. The van der Waals surface area contributed by atoms with Crippen molar-refractivity contribution in [3.05, 3.63) is 29.3 Å². The molecule has 0 spiro atoms. The Morgan fingerprint density at radius 3 is 2.48 bits per heavy atom. The van der Waals surface area contributed by atoms with Crippen molar-refractivity contribution in [3.63, 3.8) is 0 Å². The first-order valence-electron chi connectivity index (χ1n) is 6.35. The molecule has 0 bridgehead atoms. The van der Waals surface area contributed by atoms with E-state index in [0.717, 1.165) is 0 Å². The summed E-state index contributed by atoms with van der Waals surface area (Å²) in [5, 5.41) is 6.25. The molecule has 8 heteroatoms. The minimum Gasteiger partial charge on any atom is -0.322 e. The van der Waals surface area contributed by atoms with Crippen LogP contribution in [-0.2, 0) is 4.79 Å². The molecule has 0 radical (unpaired) electrons. The lowest BCUT2D eigenvalue weighted by molar-refractivity contribution is -0.132. The van der Waals surface area contributed by atoms with Crippen LogP contribution in [0.2, 0.25) is 5.02 Å². The number of nitrogens with zero attached hydrogens (tertiary/aromatic N) is 1. The number of urea groups is 2. The Balaban J connectivity index is 2.01. The first kappa shape index (κ1) is 15.1. The fourth-order valence-corrected chi connectivity index (χ4v) is 1.95. The zero-order chi connectivity index (χ0) is 15.6. The molecule has 21 heavy (non-hydrogen) atoms. The molecule has 1 saturated heterocycles. The predicted molar refractivity (Wildman–Crippen MR) is 77.7 cm³/mol. The average Bonchev–Trinajstić information content (AvgIpc) is 2.66. The van der Waals surface area contributed by atoms with E-state index in [0.29, 0.717) is 22.1 Å². The highest BCUT2D eigenvalue weighted by Gasteiger charge is 2.47. The van der Waals surface area contributed by atoms with E-state index in [1.165, 1.54) is 0 Å². The number of nitrogens with one attached hydrogen (secondary N) is 3. The summed E-state index contributed by atoms with van der Waals surface area (Å²) in [6, 6.07) is 5.07. The van der Waals surface area contributed by atoms with Gasteiger partial charge in [-0.1, -0.05) is 18.5 Å². The highest BCUT2D eigenvalue weighted by Crippen LogP contribution is 2.19. The molecular formula is C13H15ClN4O3. The second kappa shape index (κ2) is 5.61. The molecule has 112 valence electrons. The van der Waals surface area contributed by atoms with E-state index in [1.807, 2.05) is 0 Å². The molecule has 0 unspecified atom stereocenters. The van der Waals surface area contributed by atoms with Crippen LogP contribution in [0.15, 0.2) is 24.3 Å². The molecule has 0 aliphatic carbocycles. The van der Waals surface area contributed by atoms with E-state index >= 15 is 0 Å². The van der Waals surface area contributed by atoms with Crippen LogP contribution in [0.25, 0.3) is 0 Å². The van der Waals surface area contributed by atoms with Gasteiger partial charge in [-0.3, -0.25) is 4.79 Å². The number of hydrogen-bond donors (Lipinski definition) is 3.